The Hall–Kier alpha value is -0.380. The molecule has 1 aromatic rings. The van der Waals surface area contributed by atoms with Crippen molar-refractivity contribution in [1.82, 2.24) is 4.90 Å². The minimum atomic E-state index is 0.157. The molecule has 3 heteroatoms. The van der Waals surface area contributed by atoms with Gasteiger partial charge in [-0.05, 0) is 49.4 Å². The van der Waals surface area contributed by atoms with Crippen molar-refractivity contribution in [3.8, 4) is 0 Å². The molecule has 1 aliphatic rings. The van der Waals surface area contributed by atoms with Gasteiger partial charge in [0.2, 0.25) is 0 Å². The van der Waals surface area contributed by atoms with E-state index in [0.717, 1.165) is 17.6 Å². The number of benzene rings is 1. The fraction of sp³-hybridized carbons (Fsp3) is 0.647. The van der Waals surface area contributed by atoms with E-state index in [9.17, 15) is 0 Å². The number of likely N-dealkylation sites (N-methyl/N-ethyl adjacent to an activating group) is 1. The highest BCUT2D eigenvalue weighted by atomic mass is 79.9. The Kier molecular flexibility index (Phi) is 4.93. The summed E-state index contributed by atoms with van der Waals surface area (Å²) < 4.78 is 1.15. The summed E-state index contributed by atoms with van der Waals surface area (Å²) in [5.74, 6) is 0. The molecule has 0 spiro atoms. The van der Waals surface area contributed by atoms with Crippen LogP contribution in [0.1, 0.15) is 45.1 Å². The third kappa shape index (κ3) is 3.63. The van der Waals surface area contributed by atoms with Crippen LogP contribution in [0.15, 0.2) is 28.7 Å². The minimum Gasteiger partial charge on any atom is -0.329 e. The van der Waals surface area contributed by atoms with Gasteiger partial charge in [0.05, 0.1) is 0 Å². The maximum absolute atomic E-state index is 6.19. The van der Waals surface area contributed by atoms with Gasteiger partial charge in [-0.15, -0.1) is 0 Å². The van der Waals surface area contributed by atoms with Gasteiger partial charge in [-0.25, -0.2) is 0 Å². The molecular formula is C17H27BrN2. The Morgan fingerprint density at radius 2 is 2.05 bits per heavy atom. The number of nitrogens with zero attached hydrogens (tertiary/aromatic N) is 1. The van der Waals surface area contributed by atoms with Crippen LogP contribution in [0.2, 0.25) is 0 Å². The van der Waals surface area contributed by atoms with E-state index in [1.165, 1.54) is 31.2 Å². The van der Waals surface area contributed by atoms with Crippen LogP contribution in [0.4, 0.5) is 0 Å². The van der Waals surface area contributed by atoms with E-state index in [1.807, 2.05) is 0 Å². The smallest absolute Gasteiger partial charge is 0.0337 e. The highest BCUT2D eigenvalue weighted by Gasteiger charge is 2.41. The number of hydrogen-bond acceptors (Lipinski definition) is 2. The second-order valence-electron chi connectivity index (χ2n) is 7.11. The molecular weight excluding hydrogens is 312 g/mol. The van der Waals surface area contributed by atoms with Gasteiger partial charge >= 0.3 is 0 Å². The Morgan fingerprint density at radius 3 is 2.65 bits per heavy atom. The van der Waals surface area contributed by atoms with Crippen molar-refractivity contribution >= 4 is 15.9 Å². The third-order valence-electron chi connectivity index (χ3n) is 4.80. The van der Waals surface area contributed by atoms with Crippen LogP contribution < -0.4 is 5.73 Å². The summed E-state index contributed by atoms with van der Waals surface area (Å²) in [5.41, 5.74) is 8.10. The molecule has 2 N–H and O–H groups in total. The van der Waals surface area contributed by atoms with Crippen molar-refractivity contribution in [3.05, 3.63) is 34.3 Å². The van der Waals surface area contributed by atoms with Crippen molar-refractivity contribution in [2.75, 3.05) is 13.6 Å². The first-order valence-corrected chi connectivity index (χ1v) is 8.32. The van der Waals surface area contributed by atoms with Crippen molar-refractivity contribution in [1.29, 1.82) is 0 Å². The van der Waals surface area contributed by atoms with Crippen molar-refractivity contribution in [2.45, 2.75) is 51.6 Å². The summed E-state index contributed by atoms with van der Waals surface area (Å²) >= 11 is 3.55. The molecule has 2 nitrogen and oxygen atoms in total. The van der Waals surface area contributed by atoms with Crippen LogP contribution >= 0.6 is 15.9 Å². The fourth-order valence-corrected chi connectivity index (χ4v) is 4.14. The lowest BCUT2D eigenvalue weighted by Crippen LogP contribution is -2.55. The van der Waals surface area contributed by atoms with Crippen LogP contribution in [0.25, 0.3) is 0 Å². The summed E-state index contributed by atoms with van der Waals surface area (Å²) in [7, 11) is 2.23. The average Bonchev–Trinajstić information content (AvgIpc) is 2.37. The summed E-state index contributed by atoms with van der Waals surface area (Å²) in [6.07, 6.45) is 5.02. The number of halogens is 1. The summed E-state index contributed by atoms with van der Waals surface area (Å²) in [5, 5.41) is 0. The van der Waals surface area contributed by atoms with Gasteiger partial charge in [-0.2, -0.15) is 0 Å². The van der Waals surface area contributed by atoms with Gasteiger partial charge in [0, 0.05) is 23.1 Å². The molecule has 1 fully saturated rings. The molecule has 1 unspecified atom stereocenters. The molecule has 0 heterocycles. The largest absolute Gasteiger partial charge is 0.329 e. The zero-order chi connectivity index (χ0) is 14.8. The molecule has 1 aromatic carbocycles. The normalized spacial score (nSPS) is 25.9. The predicted molar refractivity (Wildman–Crippen MR) is 89.6 cm³/mol. The fourth-order valence-electron chi connectivity index (χ4n) is 3.70. The second kappa shape index (κ2) is 6.17. The topological polar surface area (TPSA) is 29.3 Å². The van der Waals surface area contributed by atoms with Gasteiger partial charge in [0.15, 0.2) is 0 Å². The summed E-state index contributed by atoms with van der Waals surface area (Å²) in [6, 6.07) is 8.58. The lowest BCUT2D eigenvalue weighted by molar-refractivity contribution is 0.0223. The maximum Gasteiger partial charge on any atom is 0.0337 e. The lowest BCUT2D eigenvalue weighted by atomic mass is 9.67. The number of nitrogens with two attached hydrogens (primary N) is 1. The minimum absolute atomic E-state index is 0.157. The summed E-state index contributed by atoms with van der Waals surface area (Å²) in [6.45, 7) is 6.47. The van der Waals surface area contributed by atoms with Crippen LogP contribution in [0, 0.1) is 5.41 Å². The van der Waals surface area contributed by atoms with Gasteiger partial charge in [-0.1, -0.05) is 48.3 Å². The van der Waals surface area contributed by atoms with Crippen molar-refractivity contribution < 1.29 is 0 Å². The van der Waals surface area contributed by atoms with E-state index in [1.54, 1.807) is 0 Å². The Labute approximate surface area is 131 Å². The lowest BCUT2D eigenvalue weighted by Gasteiger charge is -2.49. The van der Waals surface area contributed by atoms with Gasteiger partial charge < -0.3 is 5.73 Å². The van der Waals surface area contributed by atoms with Gasteiger partial charge in [-0.3, -0.25) is 4.90 Å². The Balaban J connectivity index is 2.14. The molecule has 2 rings (SSSR count). The molecule has 0 aliphatic heterocycles. The molecule has 20 heavy (non-hydrogen) atoms. The molecule has 0 amide bonds. The van der Waals surface area contributed by atoms with E-state index in [-0.39, 0.29) is 5.54 Å². The predicted octanol–water partition coefficient (Wildman–Crippen LogP) is 4.18. The summed E-state index contributed by atoms with van der Waals surface area (Å²) in [4.78, 5) is 2.48. The Morgan fingerprint density at radius 1 is 1.30 bits per heavy atom. The zero-order valence-electron chi connectivity index (χ0n) is 13.0. The first kappa shape index (κ1) is 16.0. The van der Waals surface area contributed by atoms with E-state index >= 15 is 0 Å². The quantitative estimate of drug-likeness (QED) is 0.892. The third-order valence-corrected chi connectivity index (χ3v) is 5.30. The maximum atomic E-state index is 6.19. The highest BCUT2D eigenvalue weighted by Crippen LogP contribution is 2.43. The molecule has 1 aliphatic carbocycles. The molecule has 0 aromatic heterocycles. The zero-order valence-corrected chi connectivity index (χ0v) is 14.5. The monoisotopic (exact) mass is 338 g/mol. The number of hydrogen-bond donors (Lipinski definition) is 1. The first-order chi connectivity index (χ1) is 9.37. The van der Waals surface area contributed by atoms with Crippen LogP contribution in [0.3, 0.4) is 0 Å². The molecule has 1 saturated carbocycles. The van der Waals surface area contributed by atoms with Crippen LogP contribution in [0.5, 0.6) is 0 Å². The van der Waals surface area contributed by atoms with Gasteiger partial charge in [0.25, 0.3) is 0 Å². The second-order valence-corrected chi connectivity index (χ2v) is 8.02. The molecule has 1 atom stereocenters. The highest BCUT2D eigenvalue weighted by molar-refractivity contribution is 9.10. The van der Waals surface area contributed by atoms with E-state index in [2.05, 4.69) is 66.0 Å². The first-order valence-electron chi connectivity index (χ1n) is 7.53. The number of rotatable bonds is 4. The van der Waals surface area contributed by atoms with E-state index < -0.39 is 0 Å². The molecule has 0 radical (unpaired) electrons. The van der Waals surface area contributed by atoms with Crippen LogP contribution in [-0.2, 0) is 6.54 Å². The molecule has 0 bridgehead atoms. The van der Waals surface area contributed by atoms with Crippen molar-refractivity contribution in [3.63, 3.8) is 0 Å². The van der Waals surface area contributed by atoms with Crippen molar-refractivity contribution in [2.24, 2.45) is 11.1 Å². The molecule has 0 saturated heterocycles. The van der Waals surface area contributed by atoms with E-state index in [4.69, 9.17) is 5.73 Å². The van der Waals surface area contributed by atoms with Gasteiger partial charge in [0.1, 0.15) is 0 Å². The molecule has 112 valence electrons. The Bertz CT molecular complexity index is 458. The average molecular weight is 339 g/mol. The van der Waals surface area contributed by atoms with E-state index in [0.29, 0.717) is 5.41 Å². The van der Waals surface area contributed by atoms with Crippen LogP contribution in [-0.4, -0.2) is 24.0 Å². The SMILES string of the molecule is CN(Cc1cccc(Br)c1)C1(CN)CCCC(C)(C)C1. The standard InChI is InChI=1S/C17H27BrN2/c1-16(2)8-5-9-17(12-16,13-19)20(3)11-14-6-4-7-15(18)10-14/h4,6-7,10H,5,8-9,11-13,19H2,1-3H3.